The van der Waals surface area contributed by atoms with Gasteiger partial charge < -0.3 is 14.5 Å². The van der Waals surface area contributed by atoms with Gasteiger partial charge in [-0.15, -0.1) is 0 Å². The minimum atomic E-state index is 0.511. The van der Waals surface area contributed by atoms with E-state index in [1.54, 1.807) is 4.58 Å². The van der Waals surface area contributed by atoms with Gasteiger partial charge in [0.25, 0.3) is 0 Å². The van der Waals surface area contributed by atoms with Crippen LogP contribution in [-0.4, -0.2) is 37.8 Å². The zero-order valence-electron chi connectivity index (χ0n) is 28.6. The molecule has 2 aliphatic rings. The van der Waals surface area contributed by atoms with Crippen LogP contribution in [0.25, 0.3) is 90.4 Å². The monoisotopic (exact) mass is 669 g/mol. The minimum absolute atomic E-state index is 0.511. The predicted molar refractivity (Wildman–Crippen MR) is 217 cm³/mol. The van der Waals surface area contributed by atoms with Gasteiger partial charge in [-0.25, -0.2) is 9.97 Å². The van der Waals surface area contributed by atoms with Crippen LogP contribution in [0.4, 0.5) is 0 Å². The quantitative estimate of drug-likeness (QED) is 0.105. The number of aromatic amines is 2. The highest BCUT2D eigenvalue weighted by Crippen LogP contribution is 2.40. The molecule has 0 atom stereocenters. The van der Waals surface area contributed by atoms with Gasteiger partial charge in [0, 0.05) is 49.9 Å². The SMILES string of the molecule is C=[N+]([CH2-])CC1=Cc2nc1c(-c1ccccc1)c1ccc([nH]1)c(-c1ccccc1)c1nc(c(-c3ccccc3)c3ccc([nH]3)c2-c2ccccc2)C=C1. The molecule has 248 valence electrons. The third-order valence-electron chi connectivity index (χ3n) is 9.59. The first kappa shape index (κ1) is 31.0. The molecule has 0 fully saturated rings. The standard InChI is InChI=1S/C47H35N5/c1-52(2)30-35-29-42-45(33-19-11-5-12-20-33)40-26-25-38(49-40)43(31-15-7-3-8-16-31)36-23-24-37(48-36)44(32-17-9-4-10-18-32)39-27-28-41(50-39)46(47(35)51-42)34-21-13-6-14-22-34/h3-29,49-50H,1-2,30H2. The molecule has 3 aromatic heterocycles. The Morgan fingerprint density at radius 3 is 1.23 bits per heavy atom. The lowest BCUT2D eigenvalue weighted by Crippen LogP contribution is -2.04. The highest BCUT2D eigenvalue weighted by Gasteiger charge is 2.23. The Morgan fingerprint density at radius 1 is 0.462 bits per heavy atom. The van der Waals surface area contributed by atoms with Gasteiger partial charge >= 0.3 is 0 Å². The second kappa shape index (κ2) is 13.0. The number of hydrogen-bond acceptors (Lipinski definition) is 2. The highest BCUT2D eigenvalue weighted by atomic mass is 14.9. The molecule has 52 heavy (non-hydrogen) atoms. The molecule has 0 saturated heterocycles. The van der Waals surface area contributed by atoms with Crippen LogP contribution in [0.2, 0.25) is 0 Å². The summed E-state index contributed by atoms with van der Waals surface area (Å²) in [5.41, 5.74) is 16.8. The normalized spacial score (nSPS) is 12.1. The smallest absolute Gasteiger partial charge is 0.143 e. The van der Waals surface area contributed by atoms with E-state index in [1.807, 2.05) is 24.3 Å². The Labute approximate surface area is 302 Å². The number of H-pyrrole nitrogens is 2. The lowest BCUT2D eigenvalue weighted by Gasteiger charge is -2.09. The Balaban J connectivity index is 1.51. The molecule has 4 aromatic carbocycles. The second-order valence-corrected chi connectivity index (χ2v) is 13.1. The Hall–Kier alpha value is -6.98. The zero-order valence-corrected chi connectivity index (χ0v) is 28.6. The van der Waals surface area contributed by atoms with Crippen molar-refractivity contribution < 1.29 is 4.58 Å². The molecule has 9 rings (SSSR count). The van der Waals surface area contributed by atoms with Crippen molar-refractivity contribution in [3.05, 3.63) is 175 Å². The molecule has 0 spiro atoms. The molecule has 0 saturated carbocycles. The van der Waals surface area contributed by atoms with Gasteiger partial charge in [-0.3, -0.25) is 0 Å². The third-order valence-corrected chi connectivity index (χ3v) is 9.59. The van der Waals surface area contributed by atoms with Crippen LogP contribution in [-0.2, 0) is 0 Å². The summed E-state index contributed by atoms with van der Waals surface area (Å²) in [6.07, 6.45) is 6.46. The van der Waals surface area contributed by atoms with Crippen LogP contribution < -0.4 is 0 Å². The molecular weight excluding hydrogens is 635 g/mol. The summed E-state index contributed by atoms with van der Waals surface area (Å²) < 4.78 is 1.71. The van der Waals surface area contributed by atoms with E-state index in [0.29, 0.717) is 6.54 Å². The van der Waals surface area contributed by atoms with Crippen LogP contribution >= 0.6 is 0 Å². The number of nitrogens with zero attached hydrogens (tertiary/aromatic N) is 3. The van der Waals surface area contributed by atoms with Crippen molar-refractivity contribution in [3.8, 4) is 44.5 Å². The number of nitrogens with one attached hydrogen (secondary N) is 2. The summed E-state index contributed by atoms with van der Waals surface area (Å²) in [4.78, 5) is 18.6. The molecule has 0 radical (unpaired) electrons. The molecule has 2 aliphatic heterocycles. The van der Waals surface area contributed by atoms with E-state index in [1.165, 1.54) is 0 Å². The molecule has 7 aromatic rings. The highest BCUT2D eigenvalue weighted by molar-refractivity contribution is 6.02. The second-order valence-electron chi connectivity index (χ2n) is 13.1. The number of aromatic nitrogens is 4. The topological polar surface area (TPSA) is 60.4 Å². The summed E-state index contributed by atoms with van der Waals surface area (Å²) in [5, 5.41) is 0. The van der Waals surface area contributed by atoms with Gasteiger partial charge in [-0.2, -0.15) is 0 Å². The van der Waals surface area contributed by atoms with E-state index < -0.39 is 0 Å². The predicted octanol–water partition coefficient (Wildman–Crippen LogP) is 11.2. The fourth-order valence-electron chi connectivity index (χ4n) is 7.34. The lowest BCUT2D eigenvalue weighted by molar-refractivity contribution is -0.440. The fourth-order valence-corrected chi connectivity index (χ4v) is 7.34. The van der Waals surface area contributed by atoms with Crippen LogP contribution in [0.5, 0.6) is 0 Å². The van der Waals surface area contributed by atoms with Crippen molar-refractivity contribution in [2.45, 2.75) is 0 Å². The van der Waals surface area contributed by atoms with Gasteiger partial charge in [0.2, 0.25) is 0 Å². The maximum Gasteiger partial charge on any atom is 0.143 e. The average Bonchev–Trinajstić information content (AvgIpc) is 4.01. The summed E-state index contributed by atoms with van der Waals surface area (Å²) in [7, 11) is 4.14. The van der Waals surface area contributed by atoms with Crippen molar-refractivity contribution in [1.82, 2.24) is 19.9 Å². The summed E-state index contributed by atoms with van der Waals surface area (Å²) in [5.74, 6) is 0. The molecule has 0 amide bonds. The maximum absolute atomic E-state index is 5.52. The van der Waals surface area contributed by atoms with Gasteiger partial charge in [0.1, 0.15) is 6.54 Å². The van der Waals surface area contributed by atoms with E-state index in [4.69, 9.17) is 9.97 Å². The molecule has 5 nitrogen and oxygen atoms in total. The first-order valence-electron chi connectivity index (χ1n) is 17.4. The van der Waals surface area contributed by atoms with Crippen molar-refractivity contribution in [2.24, 2.45) is 0 Å². The number of rotatable bonds is 6. The molecule has 5 heteroatoms. The molecular formula is C47H35N5. The molecule has 0 unspecified atom stereocenters. The number of benzene rings is 4. The number of hydrogen-bond donors (Lipinski definition) is 2. The van der Waals surface area contributed by atoms with Gasteiger partial charge in [0.15, 0.2) is 0 Å². The van der Waals surface area contributed by atoms with Gasteiger partial charge in [-0.05, 0) is 78.5 Å². The first-order valence-corrected chi connectivity index (χ1v) is 17.4. The zero-order chi connectivity index (χ0) is 35.0. The van der Waals surface area contributed by atoms with Gasteiger partial charge in [0.05, 0.1) is 22.8 Å². The minimum Gasteiger partial charge on any atom is -0.370 e. The molecule has 5 heterocycles. The van der Waals surface area contributed by atoms with Crippen LogP contribution in [0.15, 0.2) is 146 Å². The molecule has 0 aliphatic carbocycles. The largest absolute Gasteiger partial charge is 0.370 e. The summed E-state index contributed by atoms with van der Waals surface area (Å²) in [6.45, 7) is 4.65. The van der Waals surface area contributed by atoms with E-state index in [9.17, 15) is 0 Å². The van der Waals surface area contributed by atoms with Crippen molar-refractivity contribution >= 4 is 52.6 Å². The summed E-state index contributed by atoms with van der Waals surface area (Å²) >= 11 is 0. The van der Waals surface area contributed by atoms with E-state index in [-0.39, 0.29) is 0 Å². The Morgan fingerprint density at radius 2 is 0.827 bits per heavy atom. The van der Waals surface area contributed by atoms with Crippen molar-refractivity contribution in [1.29, 1.82) is 0 Å². The molecule has 8 bridgehead atoms. The van der Waals surface area contributed by atoms with Crippen LogP contribution in [0.3, 0.4) is 0 Å². The Bertz CT molecular complexity index is 2700. The Kier molecular flexibility index (Phi) is 7.79. The van der Waals surface area contributed by atoms with Crippen molar-refractivity contribution in [3.63, 3.8) is 0 Å². The maximum atomic E-state index is 5.52. The average molecular weight is 670 g/mol. The fraction of sp³-hybridized carbons (Fsp3) is 0.0213. The van der Waals surface area contributed by atoms with Crippen molar-refractivity contribution in [2.75, 3.05) is 6.54 Å². The van der Waals surface area contributed by atoms with E-state index in [0.717, 1.165) is 94.9 Å². The molecule has 2 N–H and O–H groups in total. The lowest BCUT2D eigenvalue weighted by atomic mass is 9.99. The van der Waals surface area contributed by atoms with E-state index in [2.05, 4.69) is 163 Å². The van der Waals surface area contributed by atoms with Crippen LogP contribution in [0, 0.1) is 7.05 Å². The third kappa shape index (κ3) is 5.64. The van der Waals surface area contributed by atoms with Gasteiger partial charge in [-0.1, -0.05) is 121 Å². The number of fused-ring (bicyclic) bond motifs is 8. The van der Waals surface area contributed by atoms with Crippen LogP contribution in [0.1, 0.15) is 22.8 Å². The summed E-state index contributed by atoms with van der Waals surface area (Å²) in [6, 6.07) is 50.6. The first-order chi connectivity index (χ1) is 25.6. The van der Waals surface area contributed by atoms with E-state index >= 15 is 0 Å².